The summed E-state index contributed by atoms with van der Waals surface area (Å²) in [5, 5.41) is 13.2. The third-order valence-electron chi connectivity index (χ3n) is 3.19. The second-order valence-electron chi connectivity index (χ2n) is 4.68. The molecule has 100 valence electrons. The highest BCUT2D eigenvalue weighted by Crippen LogP contribution is 2.20. The molecule has 2 heteroatoms. The zero-order chi connectivity index (χ0) is 13.3. The second-order valence-corrected chi connectivity index (χ2v) is 4.68. The third kappa shape index (κ3) is 4.51. The minimum Gasteiger partial charge on any atom is -0.384 e. The van der Waals surface area contributed by atoms with Gasteiger partial charge in [0.15, 0.2) is 0 Å². The quantitative estimate of drug-likeness (QED) is 0.864. The lowest BCUT2D eigenvalue weighted by atomic mass is 10.0. The maximum atomic E-state index is 9.99. The largest absolute Gasteiger partial charge is 0.384 e. The van der Waals surface area contributed by atoms with Gasteiger partial charge in [0.1, 0.15) is 6.10 Å². The number of rotatable bonds is 2. The van der Waals surface area contributed by atoms with Crippen molar-refractivity contribution < 1.29 is 5.11 Å². The number of aliphatic hydroxyl groups is 1. The zero-order valence-electron chi connectivity index (χ0n) is 11.1. The summed E-state index contributed by atoms with van der Waals surface area (Å²) in [5.41, 5.74) is 1.86. The standard InChI is InChI=1S/C13H12O.C4H9N/c14-13(11-7-3-1-4-8-11)12-9-5-2-6-10-12;1-2-4-5-3-1/h1-10,13-14H;5H,1-4H2. The number of hydrogen-bond acceptors (Lipinski definition) is 2. The summed E-state index contributed by atoms with van der Waals surface area (Å²) in [5.74, 6) is 0. The number of hydrogen-bond donors (Lipinski definition) is 2. The Balaban J connectivity index is 0.000000224. The van der Waals surface area contributed by atoms with Crippen LogP contribution >= 0.6 is 0 Å². The van der Waals surface area contributed by atoms with Crippen LogP contribution in [0, 0.1) is 0 Å². The zero-order valence-corrected chi connectivity index (χ0v) is 11.1. The molecule has 2 aromatic rings. The van der Waals surface area contributed by atoms with Crippen molar-refractivity contribution in [1.82, 2.24) is 5.32 Å². The van der Waals surface area contributed by atoms with Crippen molar-refractivity contribution >= 4 is 0 Å². The summed E-state index contributed by atoms with van der Waals surface area (Å²) in [6.45, 7) is 2.50. The molecule has 2 N–H and O–H groups in total. The minimum absolute atomic E-state index is 0.516. The molecule has 2 aromatic carbocycles. The Morgan fingerprint density at radius 2 is 1.16 bits per heavy atom. The van der Waals surface area contributed by atoms with Crippen LogP contribution in [0.1, 0.15) is 30.1 Å². The first-order valence-corrected chi connectivity index (χ1v) is 6.86. The first-order chi connectivity index (χ1) is 9.38. The third-order valence-corrected chi connectivity index (χ3v) is 3.19. The van der Waals surface area contributed by atoms with Gasteiger partial charge in [0.2, 0.25) is 0 Å². The van der Waals surface area contributed by atoms with E-state index in [1.165, 1.54) is 25.9 Å². The summed E-state index contributed by atoms with van der Waals surface area (Å²) >= 11 is 0. The Kier molecular flexibility index (Phi) is 5.60. The van der Waals surface area contributed by atoms with Crippen LogP contribution in [0.25, 0.3) is 0 Å². The van der Waals surface area contributed by atoms with Crippen LogP contribution in [0.3, 0.4) is 0 Å². The van der Waals surface area contributed by atoms with E-state index in [-0.39, 0.29) is 0 Å². The van der Waals surface area contributed by atoms with Crippen molar-refractivity contribution in [2.45, 2.75) is 18.9 Å². The van der Waals surface area contributed by atoms with E-state index in [1.807, 2.05) is 60.7 Å². The molecule has 0 aliphatic carbocycles. The van der Waals surface area contributed by atoms with E-state index in [1.54, 1.807) is 0 Å². The Labute approximate surface area is 115 Å². The molecule has 1 aliphatic rings. The molecule has 19 heavy (non-hydrogen) atoms. The van der Waals surface area contributed by atoms with Crippen LogP contribution in [0.2, 0.25) is 0 Å². The van der Waals surface area contributed by atoms with Crippen LogP contribution in [0.15, 0.2) is 60.7 Å². The van der Waals surface area contributed by atoms with E-state index >= 15 is 0 Å². The van der Waals surface area contributed by atoms with E-state index in [2.05, 4.69) is 5.32 Å². The lowest BCUT2D eigenvalue weighted by Gasteiger charge is -2.10. The van der Waals surface area contributed by atoms with Crippen LogP contribution < -0.4 is 5.32 Å². The van der Waals surface area contributed by atoms with E-state index in [0.717, 1.165) is 11.1 Å². The molecule has 0 unspecified atom stereocenters. The van der Waals surface area contributed by atoms with Gasteiger partial charge in [-0.3, -0.25) is 0 Å². The van der Waals surface area contributed by atoms with Crippen LogP contribution in [-0.4, -0.2) is 18.2 Å². The fourth-order valence-electron chi connectivity index (χ4n) is 2.09. The fourth-order valence-corrected chi connectivity index (χ4v) is 2.09. The van der Waals surface area contributed by atoms with E-state index in [9.17, 15) is 5.11 Å². The van der Waals surface area contributed by atoms with E-state index in [4.69, 9.17) is 0 Å². The summed E-state index contributed by atoms with van der Waals surface area (Å²) in [6, 6.07) is 19.3. The van der Waals surface area contributed by atoms with Gasteiger partial charge < -0.3 is 10.4 Å². The molecule has 0 radical (unpaired) electrons. The Hall–Kier alpha value is -1.64. The Morgan fingerprint density at radius 3 is 1.47 bits per heavy atom. The van der Waals surface area contributed by atoms with E-state index in [0.29, 0.717) is 0 Å². The molecule has 0 aromatic heterocycles. The van der Waals surface area contributed by atoms with Gasteiger partial charge in [-0.15, -0.1) is 0 Å². The topological polar surface area (TPSA) is 32.3 Å². The second kappa shape index (κ2) is 7.72. The molecule has 0 saturated carbocycles. The van der Waals surface area contributed by atoms with Gasteiger partial charge in [-0.1, -0.05) is 60.7 Å². The average Bonchev–Trinajstić information content (AvgIpc) is 3.08. The molecule has 0 spiro atoms. The SMILES string of the molecule is C1CCNC1.OC(c1ccccc1)c1ccccc1. The van der Waals surface area contributed by atoms with Crippen molar-refractivity contribution in [2.75, 3.05) is 13.1 Å². The Bertz CT molecular complexity index is 404. The first kappa shape index (κ1) is 13.8. The van der Waals surface area contributed by atoms with Crippen molar-refractivity contribution in [3.8, 4) is 0 Å². The van der Waals surface area contributed by atoms with Gasteiger partial charge in [0.05, 0.1) is 0 Å². The van der Waals surface area contributed by atoms with Gasteiger partial charge in [0, 0.05) is 0 Å². The molecular formula is C17H21NO. The molecule has 2 nitrogen and oxygen atoms in total. The number of benzene rings is 2. The lowest BCUT2D eigenvalue weighted by molar-refractivity contribution is 0.220. The Morgan fingerprint density at radius 1 is 0.737 bits per heavy atom. The molecule has 0 amide bonds. The van der Waals surface area contributed by atoms with Gasteiger partial charge in [-0.2, -0.15) is 0 Å². The number of nitrogens with one attached hydrogen (secondary N) is 1. The highest BCUT2D eigenvalue weighted by Gasteiger charge is 2.07. The van der Waals surface area contributed by atoms with Crippen LogP contribution in [-0.2, 0) is 0 Å². The summed E-state index contributed by atoms with van der Waals surface area (Å²) in [7, 11) is 0. The summed E-state index contributed by atoms with van der Waals surface area (Å²) < 4.78 is 0. The van der Waals surface area contributed by atoms with Gasteiger partial charge in [-0.25, -0.2) is 0 Å². The van der Waals surface area contributed by atoms with Crippen molar-refractivity contribution in [3.63, 3.8) is 0 Å². The maximum Gasteiger partial charge on any atom is 0.104 e. The normalized spacial score (nSPS) is 14.0. The van der Waals surface area contributed by atoms with Crippen molar-refractivity contribution in [1.29, 1.82) is 0 Å². The monoisotopic (exact) mass is 255 g/mol. The van der Waals surface area contributed by atoms with Gasteiger partial charge >= 0.3 is 0 Å². The highest BCUT2D eigenvalue weighted by molar-refractivity contribution is 5.29. The van der Waals surface area contributed by atoms with Crippen molar-refractivity contribution in [2.24, 2.45) is 0 Å². The molecule has 3 rings (SSSR count). The molecule has 1 saturated heterocycles. The van der Waals surface area contributed by atoms with Crippen LogP contribution in [0.5, 0.6) is 0 Å². The fraction of sp³-hybridized carbons (Fsp3) is 0.294. The first-order valence-electron chi connectivity index (χ1n) is 6.86. The highest BCUT2D eigenvalue weighted by atomic mass is 16.3. The predicted octanol–water partition coefficient (Wildman–Crippen LogP) is 3.14. The average molecular weight is 255 g/mol. The van der Waals surface area contributed by atoms with Gasteiger partial charge in [-0.05, 0) is 37.1 Å². The molecule has 0 atom stereocenters. The van der Waals surface area contributed by atoms with Gasteiger partial charge in [0.25, 0.3) is 0 Å². The summed E-state index contributed by atoms with van der Waals surface area (Å²) in [6.07, 6.45) is 2.26. The molecule has 1 heterocycles. The lowest BCUT2D eigenvalue weighted by Crippen LogP contribution is -2.03. The smallest absolute Gasteiger partial charge is 0.104 e. The van der Waals surface area contributed by atoms with Crippen LogP contribution in [0.4, 0.5) is 0 Å². The van der Waals surface area contributed by atoms with Crippen molar-refractivity contribution in [3.05, 3.63) is 71.8 Å². The number of aliphatic hydroxyl groups excluding tert-OH is 1. The molecule has 1 aliphatic heterocycles. The predicted molar refractivity (Wildman–Crippen MR) is 79.0 cm³/mol. The molecule has 0 bridgehead atoms. The van der Waals surface area contributed by atoms with E-state index < -0.39 is 6.10 Å². The maximum absolute atomic E-state index is 9.99. The minimum atomic E-state index is -0.516. The molecular weight excluding hydrogens is 234 g/mol. The molecule has 1 fully saturated rings. The summed E-state index contributed by atoms with van der Waals surface area (Å²) in [4.78, 5) is 0.